The predicted molar refractivity (Wildman–Crippen MR) is 94.9 cm³/mol. The molecule has 23 heavy (non-hydrogen) atoms. The van der Waals surface area contributed by atoms with Crippen molar-refractivity contribution in [3.05, 3.63) is 28.2 Å². The topological polar surface area (TPSA) is 41.6 Å². The molecule has 2 atom stereocenters. The minimum absolute atomic E-state index is 0. The Morgan fingerprint density at radius 3 is 2.26 bits per heavy atom. The highest BCUT2D eigenvalue weighted by Crippen LogP contribution is 2.27. The van der Waals surface area contributed by atoms with Gasteiger partial charge < -0.3 is 15.0 Å². The molecular formula is C16H21Cl3N2O2. The molecular weight excluding hydrogens is 359 g/mol. The van der Waals surface area contributed by atoms with Crippen LogP contribution in [0.5, 0.6) is 5.75 Å². The minimum atomic E-state index is 0. The van der Waals surface area contributed by atoms with Crippen molar-refractivity contribution in [2.45, 2.75) is 12.8 Å². The molecule has 2 heterocycles. The fraction of sp³-hybridized carbons (Fsp3) is 0.562. The van der Waals surface area contributed by atoms with Crippen LogP contribution in [-0.2, 0) is 4.79 Å². The summed E-state index contributed by atoms with van der Waals surface area (Å²) in [5.41, 5.74) is 0. The molecule has 1 aromatic carbocycles. The molecule has 0 aliphatic carbocycles. The van der Waals surface area contributed by atoms with Crippen LogP contribution in [0.2, 0.25) is 10.0 Å². The van der Waals surface area contributed by atoms with Crippen LogP contribution in [0.15, 0.2) is 18.2 Å². The smallest absolute Gasteiger partial charge is 0.260 e. The summed E-state index contributed by atoms with van der Waals surface area (Å²) in [6.45, 7) is 3.85. The SMILES string of the molecule is Cl.O=C(COc1cc(Cl)cc(Cl)c1)N1CC[C@@H]2CNC[C@@H]2CC1. The number of hydrogen-bond donors (Lipinski definition) is 1. The molecule has 1 aromatic rings. The van der Waals surface area contributed by atoms with E-state index < -0.39 is 0 Å². The first kappa shape index (κ1) is 18.7. The summed E-state index contributed by atoms with van der Waals surface area (Å²) in [7, 11) is 0. The van der Waals surface area contributed by atoms with Crippen LogP contribution in [0.25, 0.3) is 0 Å². The molecule has 128 valence electrons. The van der Waals surface area contributed by atoms with Crippen molar-refractivity contribution in [1.29, 1.82) is 0 Å². The minimum Gasteiger partial charge on any atom is -0.484 e. The van der Waals surface area contributed by atoms with Gasteiger partial charge in [-0.2, -0.15) is 0 Å². The molecule has 0 unspecified atom stereocenters. The van der Waals surface area contributed by atoms with Crippen LogP contribution in [-0.4, -0.2) is 43.6 Å². The summed E-state index contributed by atoms with van der Waals surface area (Å²) < 4.78 is 5.55. The molecule has 0 spiro atoms. The molecule has 2 saturated heterocycles. The zero-order valence-electron chi connectivity index (χ0n) is 12.8. The summed E-state index contributed by atoms with van der Waals surface area (Å²) in [4.78, 5) is 14.3. The van der Waals surface area contributed by atoms with E-state index in [4.69, 9.17) is 27.9 Å². The molecule has 1 amide bonds. The van der Waals surface area contributed by atoms with Gasteiger partial charge in [-0.3, -0.25) is 4.79 Å². The third kappa shape index (κ3) is 4.90. The van der Waals surface area contributed by atoms with E-state index in [1.54, 1.807) is 18.2 Å². The molecule has 2 aliphatic rings. The number of amides is 1. The van der Waals surface area contributed by atoms with E-state index in [0.717, 1.165) is 39.0 Å². The third-order valence-electron chi connectivity index (χ3n) is 4.57. The second kappa shape index (κ2) is 8.43. The Morgan fingerprint density at radius 2 is 1.70 bits per heavy atom. The van der Waals surface area contributed by atoms with E-state index in [1.165, 1.54) is 0 Å². The highest BCUT2D eigenvalue weighted by molar-refractivity contribution is 6.34. The first-order valence-corrected chi connectivity index (χ1v) is 8.45. The Balaban J connectivity index is 0.00000192. The van der Waals surface area contributed by atoms with E-state index >= 15 is 0 Å². The number of nitrogens with one attached hydrogen (secondary N) is 1. The van der Waals surface area contributed by atoms with Gasteiger partial charge in [0.2, 0.25) is 0 Å². The first-order chi connectivity index (χ1) is 10.6. The van der Waals surface area contributed by atoms with E-state index in [0.29, 0.717) is 27.6 Å². The summed E-state index contributed by atoms with van der Waals surface area (Å²) in [5.74, 6) is 1.99. The monoisotopic (exact) mass is 378 g/mol. The summed E-state index contributed by atoms with van der Waals surface area (Å²) in [6, 6.07) is 4.97. The average molecular weight is 380 g/mol. The second-order valence-electron chi connectivity index (χ2n) is 6.03. The van der Waals surface area contributed by atoms with Crippen molar-refractivity contribution in [1.82, 2.24) is 10.2 Å². The fourth-order valence-corrected chi connectivity index (χ4v) is 3.82. The van der Waals surface area contributed by atoms with E-state index in [9.17, 15) is 4.79 Å². The Morgan fingerprint density at radius 1 is 1.13 bits per heavy atom. The van der Waals surface area contributed by atoms with Crippen molar-refractivity contribution in [3.63, 3.8) is 0 Å². The number of fused-ring (bicyclic) bond motifs is 1. The molecule has 7 heteroatoms. The quantitative estimate of drug-likeness (QED) is 0.876. The van der Waals surface area contributed by atoms with Gasteiger partial charge >= 0.3 is 0 Å². The number of rotatable bonds is 3. The Kier molecular flexibility index (Phi) is 6.84. The summed E-state index contributed by atoms with van der Waals surface area (Å²) in [6.07, 6.45) is 2.15. The van der Waals surface area contributed by atoms with Gasteiger partial charge in [0.25, 0.3) is 5.91 Å². The van der Waals surface area contributed by atoms with Crippen LogP contribution in [0.4, 0.5) is 0 Å². The maximum absolute atomic E-state index is 12.3. The van der Waals surface area contributed by atoms with Crippen LogP contribution in [0.3, 0.4) is 0 Å². The van der Waals surface area contributed by atoms with Crippen molar-refractivity contribution >= 4 is 41.5 Å². The number of carbonyl (C=O) groups is 1. The van der Waals surface area contributed by atoms with E-state index in [2.05, 4.69) is 5.32 Å². The highest BCUT2D eigenvalue weighted by atomic mass is 35.5. The molecule has 0 radical (unpaired) electrons. The molecule has 2 aliphatic heterocycles. The van der Waals surface area contributed by atoms with Crippen LogP contribution in [0.1, 0.15) is 12.8 Å². The number of benzene rings is 1. The molecule has 0 saturated carbocycles. The Labute approximate surface area is 152 Å². The van der Waals surface area contributed by atoms with Crippen molar-refractivity contribution in [2.24, 2.45) is 11.8 Å². The normalized spacial score (nSPS) is 23.7. The van der Waals surface area contributed by atoms with Gasteiger partial charge in [-0.1, -0.05) is 23.2 Å². The second-order valence-corrected chi connectivity index (χ2v) is 6.90. The Bertz CT molecular complexity index is 522. The molecule has 3 rings (SSSR count). The van der Waals surface area contributed by atoms with Gasteiger partial charge in [0.05, 0.1) is 0 Å². The molecule has 0 bridgehead atoms. The first-order valence-electron chi connectivity index (χ1n) is 7.69. The van der Waals surface area contributed by atoms with Gasteiger partial charge in [0.15, 0.2) is 6.61 Å². The summed E-state index contributed by atoms with van der Waals surface area (Å²) in [5, 5.41) is 4.45. The number of nitrogens with zero attached hydrogens (tertiary/aromatic N) is 1. The lowest BCUT2D eigenvalue weighted by atomic mass is 9.92. The number of likely N-dealkylation sites (tertiary alicyclic amines) is 1. The molecule has 4 nitrogen and oxygen atoms in total. The maximum Gasteiger partial charge on any atom is 0.260 e. The van der Waals surface area contributed by atoms with Gasteiger partial charge in [-0.05, 0) is 56.0 Å². The van der Waals surface area contributed by atoms with Gasteiger partial charge in [-0.15, -0.1) is 12.4 Å². The standard InChI is InChI=1S/C16H20Cl2N2O2.ClH/c17-13-5-14(18)7-15(6-13)22-10-16(21)20-3-1-11-8-19-9-12(11)2-4-20;/h5-7,11-12,19H,1-4,8-10H2;1H/t11-,12+;. The average Bonchev–Trinajstić information content (AvgIpc) is 2.82. The lowest BCUT2D eigenvalue weighted by molar-refractivity contribution is -0.133. The molecule has 0 aromatic heterocycles. The van der Waals surface area contributed by atoms with E-state index in [-0.39, 0.29) is 24.9 Å². The van der Waals surface area contributed by atoms with Crippen molar-refractivity contribution < 1.29 is 9.53 Å². The fourth-order valence-electron chi connectivity index (χ4n) is 3.32. The number of ether oxygens (including phenoxy) is 1. The predicted octanol–water partition coefficient (Wildman–Crippen LogP) is 3.25. The van der Waals surface area contributed by atoms with Crippen molar-refractivity contribution in [2.75, 3.05) is 32.8 Å². The highest BCUT2D eigenvalue weighted by Gasteiger charge is 2.31. The lowest BCUT2D eigenvalue weighted by Crippen LogP contribution is -2.36. The van der Waals surface area contributed by atoms with Gasteiger partial charge in [-0.25, -0.2) is 0 Å². The third-order valence-corrected chi connectivity index (χ3v) is 5.01. The van der Waals surface area contributed by atoms with Crippen molar-refractivity contribution in [3.8, 4) is 5.75 Å². The lowest BCUT2D eigenvalue weighted by Gasteiger charge is -2.21. The number of carbonyl (C=O) groups excluding carboxylic acids is 1. The zero-order valence-corrected chi connectivity index (χ0v) is 15.1. The van der Waals surface area contributed by atoms with Gasteiger partial charge in [0, 0.05) is 23.1 Å². The maximum atomic E-state index is 12.3. The largest absolute Gasteiger partial charge is 0.484 e. The van der Waals surface area contributed by atoms with Crippen LogP contribution >= 0.6 is 35.6 Å². The zero-order chi connectivity index (χ0) is 15.5. The molecule has 2 fully saturated rings. The molecule has 1 N–H and O–H groups in total. The summed E-state index contributed by atoms with van der Waals surface area (Å²) >= 11 is 11.8. The van der Waals surface area contributed by atoms with Crippen LogP contribution in [0, 0.1) is 11.8 Å². The van der Waals surface area contributed by atoms with Gasteiger partial charge in [0.1, 0.15) is 5.75 Å². The van der Waals surface area contributed by atoms with Crippen LogP contribution < -0.4 is 10.1 Å². The number of hydrogen-bond acceptors (Lipinski definition) is 3. The van der Waals surface area contributed by atoms with E-state index in [1.807, 2.05) is 4.90 Å². The number of halogens is 3. The Hall–Kier alpha value is -0.680.